The summed E-state index contributed by atoms with van der Waals surface area (Å²) in [5, 5.41) is 12.5. The molecule has 8 heteroatoms. The molecule has 3 aromatic rings. The summed E-state index contributed by atoms with van der Waals surface area (Å²) in [6.07, 6.45) is -4.60. The van der Waals surface area contributed by atoms with Crippen LogP contribution in [0.4, 0.5) is 18.9 Å². The van der Waals surface area contributed by atoms with Crippen LogP contribution in [0.5, 0.6) is 11.5 Å². The number of hydrogen-bond donors (Lipinski definition) is 2. The van der Waals surface area contributed by atoms with Crippen molar-refractivity contribution in [2.75, 3.05) is 5.32 Å². The highest BCUT2D eigenvalue weighted by Crippen LogP contribution is 2.36. The summed E-state index contributed by atoms with van der Waals surface area (Å²) in [6.45, 7) is 1.99. The van der Waals surface area contributed by atoms with Crippen LogP contribution in [0.1, 0.15) is 27.0 Å². The molecule has 0 aliphatic rings. The topological polar surface area (TPSA) is 58.6 Å². The number of amides is 1. The maximum atomic E-state index is 13.2. The lowest BCUT2D eigenvalue weighted by Crippen LogP contribution is -2.15. The third kappa shape index (κ3) is 5.04. The second-order valence-corrected chi connectivity index (χ2v) is 6.98. The Morgan fingerprint density at radius 1 is 1.10 bits per heavy atom. The molecule has 156 valence electrons. The zero-order valence-corrected chi connectivity index (χ0v) is 16.5. The van der Waals surface area contributed by atoms with Crippen LogP contribution in [0.25, 0.3) is 0 Å². The van der Waals surface area contributed by atoms with E-state index in [0.717, 1.165) is 29.3 Å². The molecule has 1 amide bonds. The van der Waals surface area contributed by atoms with Gasteiger partial charge in [0.15, 0.2) is 0 Å². The van der Waals surface area contributed by atoms with Gasteiger partial charge in [-0.3, -0.25) is 4.79 Å². The summed E-state index contributed by atoms with van der Waals surface area (Å²) in [5.41, 5.74) is 0.505. The number of carbonyl (C=O) groups is 1. The molecule has 0 aliphatic heterocycles. The number of phenolic OH excluding ortho intramolecular Hbond substituents is 1. The Bertz CT molecular complexity index is 1080. The van der Waals surface area contributed by atoms with Crippen molar-refractivity contribution in [3.8, 4) is 11.5 Å². The van der Waals surface area contributed by atoms with Gasteiger partial charge in [0.05, 0.1) is 16.8 Å². The maximum absolute atomic E-state index is 13.2. The molecule has 0 saturated heterocycles. The fourth-order valence-corrected chi connectivity index (χ4v) is 2.91. The molecule has 4 nitrogen and oxygen atoms in total. The van der Waals surface area contributed by atoms with E-state index in [0.29, 0.717) is 0 Å². The van der Waals surface area contributed by atoms with Crippen molar-refractivity contribution in [1.29, 1.82) is 0 Å². The number of alkyl halides is 3. The van der Waals surface area contributed by atoms with Gasteiger partial charge in [0.2, 0.25) is 0 Å². The Labute approximate surface area is 175 Å². The SMILES string of the molecule is Cc1ccccc1COc1ccc(C(F)(F)F)cc1NC(=O)c1cc(Cl)ccc1O. The molecule has 0 saturated carbocycles. The molecule has 0 atom stereocenters. The molecule has 3 aromatic carbocycles. The quantitative estimate of drug-likeness (QED) is 0.501. The van der Waals surface area contributed by atoms with E-state index < -0.39 is 17.6 Å². The van der Waals surface area contributed by atoms with Gasteiger partial charge in [0, 0.05) is 5.02 Å². The lowest BCUT2D eigenvalue weighted by molar-refractivity contribution is -0.137. The molecule has 30 heavy (non-hydrogen) atoms. The molecule has 0 radical (unpaired) electrons. The Balaban J connectivity index is 1.92. The molecule has 0 spiro atoms. The Kier molecular flexibility index (Phi) is 6.22. The van der Waals surface area contributed by atoms with E-state index in [1.54, 1.807) is 0 Å². The van der Waals surface area contributed by atoms with Crippen LogP contribution in [0, 0.1) is 6.92 Å². The van der Waals surface area contributed by atoms with E-state index in [1.165, 1.54) is 18.2 Å². The number of benzene rings is 3. The van der Waals surface area contributed by atoms with Crippen LogP contribution >= 0.6 is 11.6 Å². The van der Waals surface area contributed by atoms with Gasteiger partial charge in [0.1, 0.15) is 18.1 Å². The van der Waals surface area contributed by atoms with E-state index >= 15 is 0 Å². The molecular formula is C22H17ClF3NO3. The molecule has 0 aliphatic carbocycles. The average Bonchev–Trinajstić information content (AvgIpc) is 2.69. The van der Waals surface area contributed by atoms with Crippen molar-refractivity contribution >= 4 is 23.2 Å². The van der Waals surface area contributed by atoms with Crippen LogP contribution in [-0.4, -0.2) is 11.0 Å². The van der Waals surface area contributed by atoms with Crippen LogP contribution in [0.2, 0.25) is 5.02 Å². The molecule has 0 bridgehead atoms. The van der Waals surface area contributed by atoms with Gasteiger partial charge in [0.25, 0.3) is 5.91 Å². The van der Waals surface area contributed by atoms with Crippen molar-refractivity contribution in [3.05, 3.63) is 87.9 Å². The monoisotopic (exact) mass is 435 g/mol. The molecule has 0 fully saturated rings. The van der Waals surface area contributed by atoms with Crippen molar-refractivity contribution in [2.45, 2.75) is 19.7 Å². The Morgan fingerprint density at radius 3 is 2.53 bits per heavy atom. The Morgan fingerprint density at radius 2 is 1.83 bits per heavy atom. The fraction of sp³-hybridized carbons (Fsp3) is 0.136. The fourth-order valence-electron chi connectivity index (χ4n) is 2.74. The molecule has 0 aromatic heterocycles. The second-order valence-electron chi connectivity index (χ2n) is 6.54. The van der Waals surface area contributed by atoms with E-state index in [4.69, 9.17) is 16.3 Å². The minimum absolute atomic E-state index is 0.0566. The summed E-state index contributed by atoms with van der Waals surface area (Å²) in [5.74, 6) is -1.12. The first kappa shape index (κ1) is 21.5. The van der Waals surface area contributed by atoms with Gasteiger partial charge < -0.3 is 15.2 Å². The van der Waals surface area contributed by atoms with Crippen molar-refractivity contribution in [3.63, 3.8) is 0 Å². The molecular weight excluding hydrogens is 419 g/mol. The number of rotatable bonds is 5. The first-order valence-corrected chi connectivity index (χ1v) is 9.21. The van der Waals surface area contributed by atoms with Crippen LogP contribution < -0.4 is 10.1 Å². The average molecular weight is 436 g/mol. The van der Waals surface area contributed by atoms with Crippen LogP contribution in [0.3, 0.4) is 0 Å². The summed E-state index contributed by atoms with van der Waals surface area (Å²) >= 11 is 5.85. The third-order valence-corrected chi connectivity index (χ3v) is 4.64. The number of hydrogen-bond acceptors (Lipinski definition) is 3. The zero-order chi connectivity index (χ0) is 21.9. The Hall–Kier alpha value is -3.19. The highest BCUT2D eigenvalue weighted by atomic mass is 35.5. The summed E-state index contributed by atoms with van der Waals surface area (Å²) < 4.78 is 45.2. The first-order chi connectivity index (χ1) is 14.1. The van der Waals surface area contributed by atoms with Crippen molar-refractivity contribution in [2.24, 2.45) is 0 Å². The summed E-state index contributed by atoms with van der Waals surface area (Å²) in [4.78, 5) is 12.6. The normalized spacial score (nSPS) is 11.2. The predicted octanol–water partition coefficient (Wildman–Crippen LogP) is 6.20. The van der Waals surface area contributed by atoms with Gasteiger partial charge in [-0.2, -0.15) is 13.2 Å². The largest absolute Gasteiger partial charge is 0.507 e. The van der Waals surface area contributed by atoms with Gasteiger partial charge >= 0.3 is 6.18 Å². The number of anilines is 1. The van der Waals surface area contributed by atoms with Gasteiger partial charge in [-0.1, -0.05) is 35.9 Å². The maximum Gasteiger partial charge on any atom is 0.416 e. The minimum atomic E-state index is -4.60. The molecule has 2 N–H and O–H groups in total. The number of aryl methyl sites for hydroxylation is 1. The zero-order valence-electron chi connectivity index (χ0n) is 15.8. The van der Waals surface area contributed by atoms with Gasteiger partial charge in [-0.15, -0.1) is 0 Å². The smallest absolute Gasteiger partial charge is 0.416 e. The highest BCUT2D eigenvalue weighted by Gasteiger charge is 2.31. The van der Waals surface area contributed by atoms with Crippen molar-refractivity contribution < 1.29 is 27.8 Å². The van der Waals surface area contributed by atoms with Gasteiger partial charge in [-0.05, 0) is 54.4 Å². The molecule has 0 unspecified atom stereocenters. The number of phenols is 1. The third-order valence-electron chi connectivity index (χ3n) is 4.40. The number of halogens is 4. The second kappa shape index (κ2) is 8.67. The lowest BCUT2D eigenvalue weighted by Gasteiger charge is -2.16. The highest BCUT2D eigenvalue weighted by molar-refractivity contribution is 6.31. The van der Waals surface area contributed by atoms with E-state index in [9.17, 15) is 23.1 Å². The molecule has 0 heterocycles. The number of aromatic hydroxyl groups is 1. The van der Waals surface area contributed by atoms with Gasteiger partial charge in [-0.25, -0.2) is 0 Å². The standard InChI is InChI=1S/C22H17ClF3NO3/c1-13-4-2-3-5-14(13)12-30-20-9-6-15(22(24,25)26)10-18(20)27-21(29)17-11-16(23)7-8-19(17)28/h2-11,28H,12H2,1H3,(H,27,29). The minimum Gasteiger partial charge on any atom is -0.507 e. The predicted molar refractivity (Wildman–Crippen MR) is 108 cm³/mol. The lowest BCUT2D eigenvalue weighted by atomic mass is 10.1. The van der Waals surface area contributed by atoms with E-state index in [1.807, 2.05) is 31.2 Å². The van der Waals surface area contributed by atoms with Crippen LogP contribution in [-0.2, 0) is 12.8 Å². The number of nitrogens with one attached hydrogen (secondary N) is 1. The molecule has 3 rings (SSSR count). The van der Waals surface area contributed by atoms with Crippen LogP contribution in [0.15, 0.2) is 60.7 Å². The summed E-state index contributed by atoms with van der Waals surface area (Å²) in [6, 6.07) is 14.0. The van der Waals surface area contributed by atoms with Crippen molar-refractivity contribution in [1.82, 2.24) is 0 Å². The van der Waals surface area contributed by atoms with E-state index in [-0.39, 0.29) is 34.4 Å². The van der Waals surface area contributed by atoms with E-state index in [2.05, 4.69) is 5.32 Å². The summed E-state index contributed by atoms with van der Waals surface area (Å²) in [7, 11) is 0. The number of carbonyl (C=O) groups excluding carboxylic acids is 1. The first-order valence-electron chi connectivity index (χ1n) is 8.83. The number of ether oxygens (including phenoxy) is 1.